The average Bonchev–Trinajstić information content (AvgIpc) is 3.15. The monoisotopic (exact) mass is 341 g/mol. The van der Waals surface area contributed by atoms with E-state index < -0.39 is 11.8 Å². The van der Waals surface area contributed by atoms with Crippen LogP contribution in [0.4, 0.5) is 5.69 Å². The van der Waals surface area contributed by atoms with Gasteiger partial charge >= 0.3 is 11.8 Å². The van der Waals surface area contributed by atoms with E-state index in [2.05, 4.69) is 42.3 Å². The highest BCUT2D eigenvalue weighted by molar-refractivity contribution is 6.35. The molecule has 0 bridgehead atoms. The first-order valence-corrected chi connectivity index (χ1v) is 8.47. The first kappa shape index (κ1) is 17.1. The Morgan fingerprint density at radius 2 is 1.84 bits per heavy atom. The number of furan rings is 1. The standard InChI is InChI=1S/C19H23N3O3/c1-14-5-3-7-17(15(14)2)21-8-10-22(11-9-21)19(24)18(23)20-13-16-6-4-12-25-16/h3-7,12H,8-11,13H2,1-2H3,(H,20,23). The molecule has 6 nitrogen and oxygen atoms in total. The molecule has 6 heteroatoms. The summed E-state index contributed by atoms with van der Waals surface area (Å²) < 4.78 is 5.15. The molecule has 1 saturated heterocycles. The Morgan fingerprint density at radius 3 is 2.52 bits per heavy atom. The van der Waals surface area contributed by atoms with Gasteiger partial charge in [-0.3, -0.25) is 9.59 Å². The molecule has 0 atom stereocenters. The molecule has 0 spiro atoms. The largest absolute Gasteiger partial charge is 0.467 e. The summed E-state index contributed by atoms with van der Waals surface area (Å²) in [5.41, 5.74) is 3.72. The highest BCUT2D eigenvalue weighted by Crippen LogP contribution is 2.23. The summed E-state index contributed by atoms with van der Waals surface area (Å²) in [6.45, 7) is 6.97. The number of aryl methyl sites for hydroxylation is 1. The highest BCUT2D eigenvalue weighted by atomic mass is 16.3. The van der Waals surface area contributed by atoms with Gasteiger partial charge in [-0.05, 0) is 43.2 Å². The van der Waals surface area contributed by atoms with E-state index in [-0.39, 0.29) is 6.54 Å². The van der Waals surface area contributed by atoms with Gasteiger partial charge in [-0.25, -0.2) is 0 Å². The van der Waals surface area contributed by atoms with Gasteiger partial charge in [-0.2, -0.15) is 0 Å². The molecule has 1 aromatic carbocycles. The number of nitrogens with zero attached hydrogens (tertiary/aromatic N) is 2. The Hall–Kier alpha value is -2.76. The average molecular weight is 341 g/mol. The molecule has 3 rings (SSSR count). The molecule has 2 amide bonds. The minimum Gasteiger partial charge on any atom is -0.467 e. The molecule has 0 radical (unpaired) electrons. The quantitative estimate of drug-likeness (QED) is 0.866. The van der Waals surface area contributed by atoms with Crippen molar-refractivity contribution in [3.05, 3.63) is 53.5 Å². The third-order valence-corrected chi connectivity index (χ3v) is 4.68. The maximum Gasteiger partial charge on any atom is 0.312 e. The van der Waals surface area contributed by atoms with Gasteiger partial charge in [0.15, 0.2) is 0 Å². The normalized spacial score (nSPS) is 14.5. The van der Waals surface area contributed by atoms with E-state index in [0.29, 0.717) is 18.8 Å². The predicted octanol–water partition coefficient (Wildman–Crippen LogP) is 1.86. The fourth-order valence-electron chi connectivity index (χ4n) is 3.03. The van der Waals surface area contributed by atoms with E-state index in [1.807, 2.05) is 0 Å². The number of piperazine rings is 1. The van der Waals surface area contributed by atoms with Gasteiger partial charge in [0, 0.05) is 31.9 Å². The van der Waals surface area contributed by atoms with E-state index in [1.165, 1.54) is 23.1 Å². The van der Waals surface area contributed by atoms with Gasteiger partial charge in [0.05, 0.1) is 12.8 Å². The summed E-state index contributed by atoms with van der Waals surface area (Å²) >= 11 is 0. The lowest BCUT2D eigenvalue weighted by atomic mass is 10.1. The van der Waals surface area contributed by atoms with Crippen LogP contribution in [0.3, 0.4) is 0 Å². The number of carbonyl (C=O) groups excluding carboxylic acids is 2. The second-order valence-electron chi connectivity index (χ2n) is 6.26. The Bertz CT molecular complexity index is 747. The van der Waals surface area contributed by atoms with Crippen molar-refractivity contribution in [3.63, 3.8) is 0 Å². The first-order valence-electron chi connectivity index (χ1n) is 8.47. The SMILES string of the molecule is Cc1cccc(N2CCN(C(=O)C(=O)NCc3ccco3)CC2)c1C. The molecule has 1 aliphatic heterocycles. The smallest absolute Gasteiger partial charge is 0.312 e. The number of rotatable bonds is 3. The molecule has 2 heterocycles. The molecular formula is C19H23N3O3. The van der Waals surface area contributed by atoms with Crippen LogP contribution in [0.2, 0.25) is 0 Å². The summed E-state index contributed by atoms with van der Waals surface area (Å²) in [5.74, 6) is -0.440. The van der Waals surface area contributed by atoms with Gasteiger partial charge < -0.3 is 19.5 Å². The zero-order valence-corrected chi connectivity index (χ0v) is 14.6. The van der Waals surface area contributed by atoms with Crippen molar-refractivity contribution in [2.24, 2.45) is 0 Å². The van der Waals surface area contributed by atoms with Crippen molar-refractivity contribution in [1.29, 1.82) is 0 Å². The van der Waals surface area contributed by atoms with Crippen molar-refractivity contribution >= 4 is 17.5 Å². The van der Waals surface area contributed by atoms with E-state index >= 15 is 0 Å². The third kappa shape index (κ3) is 3.84. The van der Waals surface area contributed by atoms with Gasteiger partial charge in [0.25, 0.3) is 0 Å². The summed E-state index contributed by atoms with van der Waals surface area (Å²) in [6.07, 6.45) is 1.54. The van der Waals surface area contributed by atoms with Gasteiger partial charge in [0.2, 0.25) is 0 Å². The van der Waals surface area contributed by atoms with Crippen molar-refractivity contribution in [2.75, 3.05) is 31.1 Å². The van der Waals surface area contributed by atoms with E-state index in [4.69, 9.17) is 4.42 Å². The van der Waals surface area contributed by atoms with Crippen LogP contribution in [0.1, 0.15) is 16.9 Å². The topological polar surface area (TPSA) is 65.8 Å². The molecule has 25 heavy (non-hydrogen) atoms. The molecule has 1 aliphatic rings. The zero-order valence-electron chi connectivity index (χ0n) is 14.6. The fourth-order valence-corrected chi connectivity index (χ4v) is 3.03. The summed E-state index contributed by atoms with van der Waals surface area (Å²) in [4.78, 5) is 28.2. The van der Waals surface area contributed by atoms with Crippen molar-refractivity contribution in [3.8, 4) is 0 Å². The number of amides is 2. The molecule has 0 unspecified atom stereocenters. The highest BCUT2D eigenvalue weighted by Gasteiger charge is 2.26. The zero-order chi connectivity index (χ0) is 17.8. The number of nitrogens with one attached hydrogen (secondary N) is 1. The van der Waals surface area contributed by atoms with Crippen LogP contribution < -0.4 is 10.2 Å². The number of anilines is 1. The van der Waals surface area contributed by atoms with Crippen molar-refractivity contribution < 1.29 is 14.0 Å². The van der Waals surface area contributed by atoms with Crippen LogP contribution in [0, 0.1) is 13.8 Å². The van der Waals surface area contributed by atoms with Gasteiger partial charge in [0.1, 0.15) is 5.76 Å². The second-order valence-corrected chi connectivity index (χ2v) is 6.26. The van der Waals surface area contributed by atoms with E-state index in [1.54, 1.807) is 17.0 Å². The Balaban J connectivity index is 1.53. The van der Waals surface area contributed by atoms with Crippen molar-refractivity contribution in [2.45, 2.75) is 20.4 Å². The lowest BCUT2D eigenvalue weighted by Crippen LogP contribution is -2.52. The second kappa shape index (κ2) is 7.42. The van der Waals surface area contributed by atoms with Gasteiger partial charge in [-0.1, -0.05) is 12.1 Å². The number of carbonyl (C=O) groups is 2. The van der Waals surface area contributed by atoms with Crippen LogP contribution >= 0.6 is 0 Å². The summed E-state index contributed by atoms with van der Waals surface area (Å²) in [5, 5.41) is 2.60. The summed E-state index contributed by atoms with van der Waals surface area (Å²) in [7, 11) is 0. The maximum atomic E-state index is 12.3. The van der Waals surface area contributed by atoms with Crippen LogP contribution in [0.25, 0.3) is 0 Å². The Labute approximate surface area is 147 Å². The van der Waals surface area contributed by atoms with Crippen molar-refractivity contribution in [1.82, 2.24) is 10.2 Å². The molecular weight excluding hydrogens is 318 g/mol. The minimum absolute atomic E-state index is 0.222. The minimum atomic E-state index is -0.586. The summed E-state index contributed by atoms with van der Waals surface area (Å²) in [6, 6.07) is 9.76. The number of hydrogen-bond acceptors (Lipinski definition) is 4. The first-order chi connectivity index (χ1) is 12.1. The number of benzene rings is 1. The van der Waals surface area contributed by atoms with E-state index in [9.17, 15) is 9.59 Å². The molecule has 2 aromatic rings. The maximum absolute atomic E-state index is 12.3. The van der Waals surface area contributed by atoms with Crippen LogP contribution in [-0.2, 0) is 16.1 Å². The van der Waals surface area contributed by atoms with Crippen LogP contribution in [-0.4, -0.2) is 42.9 Å². The Kier molecular flexibility index (Phi) is 5.07. The predicted molar refractivity (Wildman–Crippen MR) is 95.3 cm³/mol. The lowest BCUT2D eigenvalue weighted by Gasteiger charge is -2.36. The Morgan fingerprint density at radius 1 is 1.08 bits per heavy atom. The van der Waals surface area contributed by atoms with Gasteiger partial charge in [-0.15, -0.1) is 0 Å². The molecule has 1 fully saturated rings. The van der Waals surface area contributed by atoms with E-state index in [0.717, 1.165) is 13.1 Å². The van der Waals surface area contributed by atoms with Crippen LogP contribution in [0.15, 0.2) is 41.0 Å². The molecule has 1 N–H and O–H groups in total. The lowest BCUT2D eigenvalue weighted by molar-refractivity contribution is -0.146. The van der Waals surface area contributed by atoms with Crippen LogP contribution in [0.5, 0.6) is 0 Å². The number of hydrogen-bond donors (Lipinski definition) is 1. The molecule has 0 aliphatic carbocycles. The molecule has 1 aromatic heterocycles. The fraction of sp³-hybridized carbons (Fsp3) is 0.368. The molecule has 132 valence electrons. The third-order valence-electron chi connectivity index (χ3n) is 4.68. The molecule has 0 saturated carbocycles.